The van der Waals surface area contributed by atoms with Crippen molar-refractivity contribution in [1.29, 1.82) is 0 Å². The normalized spacial score (nSPS) is 20.9. The van der Waals surface area contributed by atoms with E-state index >= 15 is 4.39 Å². The van der Waals surface area contributed by atoms with Crippen LogP contribution in [0.15, 0.2) is 54.9 Å². The number of nitrogen functional groups attached to an aromatic ring is 1. The molecule has 1 aliphatic carbocycles. The summed E-state index contributed by atoms with van der Waals surface area (Å²) in [6.07, 6.45) is 5.52. The molecule has 0 amide bonds. The van der Waals surface area contributed by atoms with E-state index in [1.54, 1.807) is 12.1 Å². The lowest BCUT2D eigenvalue weighted by Crippen LogP contribution is -2.51. The van der Waals surface area contributed by atoms with Gasteiger partial charge in [-0.2, -0.15) is 5.10 Å². The molecule has 1 aliphatic heterocycles. The minimum absolute atomic E-state index is 0.159. The Morgan fingerprint density at radius 2 is 1.67 bits per heavy atom. The number of hydrogen-bond acceptors (Lipinski definition) is 8. The standard InChI is InChI=1S/C29H34FN7O2/c30-25-18-23(39-22-4-2-1-3-5-22)10-11-24(25)27-26-28(31)32-19-33-29(26)37(34-27)21-8-6-20(7-9-21)36-14-12-35(13-15-36)16-17-38/h1-5,10-11,18-21,38H,6-9,12-17H2,(H2,31,32,33)/t20-,21-. The molecule has 0 unspecified atom stereocenters. The lowest BCUT2D eigenvalue weighted by atomic mass is 9.90. The highest BCUT2D eigenvalue weighted by Crippen LogP contribution is 2.38. The van der Waals surface area contributed by atoms with Crippen molar-refractivity contribution in [2.24, 2.45) is 0 Å². The fraction of sp³-hybridized carbons (Fsp3) is 0.414. The average molecular weight is 532 g/mol. The molecule has 2 aliphatic rings. The van der Waals surface area contributed by atoms with E-state index in [4.69, 9.17) is 15.6 Å². The first-order valence-corrected chi connectivity index (χ1v) is 13.7. The van der Waals surface area contributed by atoms with Gasteiger partial charge in [0.15, 0.2) is 5.65 Å². The van der Waals surface area contributed by atoms with Gasteiger partial charge in [0.1, 0.15) is 35.2 Å². The fourth-order valence-corrected chi connectivity index (χ4v) is 5.98. The number of aliphatic hydroxyl groups is 1. The molecule has 6 rings (SSSR count). The van der Waals surface area contributed by atoms with E-state index in [-0.39, 0.29) is 12.6 Å². The van der Waals surface area contributed by atoms with E-state index in [2.05, 4.69) is 19.8 Å². The van der Waals surface area contributed by atoms with Crippen LogP contribution < -0.4 is 10.5 Å². The SMILES string of the molecule is Nc1ncnc2c1c(-c1ccc(Oc3ccccc3)cc1F)nn2[C@H]1CC[C@H](N2CCN(CCO)CC2)CC1. The Morgan fingerprint density at radius 1 is 0.923 bits per heavy atom. The number of hydrogen-bond donors (Lipinski definition) is 2. The Balaban J connectivity index is 1.22. The van der Waals surface area contributed by atoms with E-state index in [0.717, 1.165) is 58.4 Å². The van der Waals surface area contributed by atoms with Gasteiger partial charge in [-0.25, -0.2) is 19.0 Å². The van der Waals surface area contributed by atoms with Gasteiger partial charge in [0.2, 0.25) is 0 Å². The van der Waals surface area contributed by atoms with Gasteiger partial charge in [-0.05, 0) is 49.9 Å². The number of nitrogens with two attached hydrogens (primary N) is 1. The van der Waals surface area contributed by atoms with Crippen molar-refractivity contribution in [2.45, 2.75) is 37.8 Å². The molecule has 2 aromatic heterocycles. The zero-order chi connectivity index (χ0) is 26.8. The number of nitrogens with zero attached hydrogens (tertiary/aromatic N) is 6. The zero-order valence-electron chi connectivity index (χ0n) is 21.9. The Morgan fingerprint density at radius 3 is 2.38 bits per heavy atom. The van der Waals surface area contributed by atoms with Crippen molar-refractivity contribution in [3.05, 3.63) is 60.7 Å². The van der Waals surface area contributed by atoms with Crippen LogP contribution in [0.25, 0.3) is 22.3 Å². The molecule has 2 aromatic carbocycles. The lowest BCUT2D eigenvalue weighted by Gasteiger charge is -2.41. The first kappa shape index (κ1) is 25.7. The number of anilines is 1. The Kier molecular flexibility index (Phi) is 7.40. The van der Waals surface area contributed by atoms with Crippen molar-refractivity contribution in [2.75, 3.05) is 45.1 Å². The van der Waals surface area contributed by atoms with Gasteiger partial charge in [-0.15, -0.1) is 0 Å². The fourth-order valence-electron chi connectivity index (χ4n) is 5.98. The summed E-state index contributed by atoms with van der Waals surface area (Å²) in [5.41, 5.74) is 7.73. The van der Waals surface area contributed by atoms with Crippen LogP contribution in [0.4, 0.5) is 10.2 Å². The summed E-state index contributed by atoms with van der Waals surface area (Å²) in [6.45, 7) is 5.06. The van der Waals surface area contributed by atoms with Crippen LogP contribution in [-0.2, 0) is 0 Å². The number of aliphatic hydroxyl groups excluding tert-OH is 1. The number of fused-ring (bicyclic) bond motifs is 1. The van der Waals surface area contributed by atoms with E-state index in [9.17, 15) is 5.11 Å². The smallest absolute Gasteiger partial charge is 0.164 e. The van der Waals surface area contributed by atoms with Gasteiger partial charge in [-0.1, -0.05) is 18.2 Å². The first-order valence-electron chi connectivity index (χ1n) is 13.7. The minimum Gasteiger partial charge on any atom is -0.457 e. The van der Waals surface area contributed by atoms with E-state index in [1.165, 1.54) is 12.4 Å². The number of ether oxygens (including phenoxy) is 1. The van der Waals surface area contributed by atoms with Crippen LogP contribution in [0.2, 0.25) is 0 Å². The lowest BCUT2D eigenvalue weighted by molar-refractivity contribution is 0.0629. The number of rotatable bonds is 7. The maximum absolute atomic E-state index is 15.4. The van der Waals surface area contributed by atoms with Crippen LogP contribution in [-0.4, -0.2) is 80.0 Å². The molecule has 2 fully saturated rings. The van der Waals surface area contributed by atoms with Crippen LogP contribution in [0.5, 0.6) is 11.5 Å². The van der Waals surface area contributed by atoms with Crippen molar-refractivity contribution in [3.8, 4) is 22.8 Å². The van der Waals surface area contributed by atoms with Gasteiger partial charge >= 0.3 is 0 Å². The number of benzene rings is 2. The summed E-state index contributed by atoms with van der Waals surface area (Å²) in [7, 11) is 0. The molecule has 9 nitrogen and oxygen atoms in total. The van der Waals surface area contributed by atoms with Crippen LogP contribution in [0, 0.1) is 5.82 Å². The van der Waals surface area contributed by atoms with Gasteiger partial charge in [0.25, 0.3) is 0 Å². The van der Waals surface area contributed by atoms with Crippen LogP contribution in [0.3, 0.4) is 0 Å². The molecule has 204 valence electrons. The number of piperazine rings is 1. The van der Waals surface area contributed by atoms with Crippen LogP contribution in [0.1, 0.15) is 31.7 Å². The third-order valence-corrected chi connectivity index (χ3v) is 8.04. The highest BCUT2D eigenvalue weighted by Gasteiger charge is 2.31. The largest absolute Gasteiger partial charge is 0.457 e. The number of para-hydroxylation sites is 1. The molecule has 0 spiro atoms. The van der Waals surface area contributed by atoms with Gasteiger partial charge in [0, 0.05) is 50.4 Å². The summed E-state index contributed by atoms with van der Waals surface area (Å²) in [6, 6.07) is 14.8. The summed E-state index contributed by atoms with van der Waals surface area (Å²) in [4.78, 5) is 13.6. The first-order chi connectivity index (χ1) is 19.1. The molecular formula is C29H34FN7O2. The second-order valence-corrected chi connectivity index (χ2v) is 10.4. The quantitative estimate of drug-likeness (QED) is 0.367. The number of aromatic nitrogens is 4. The summed E-state index contributed by atoms with van der Waals surface area (Å²) in [5.74, 6) is 0.896. The van der Waals surface area contributed by atoms with Crippen molar-refractivity contribution in [3.63, 3.8) is 0 Å². The highest BCUT2D eigenvalue weighted by atomic mass is 19.1. The maximum atomic E-state index is 15.4. The third-order valence-electron chi connectivity index (χ3n) is 8.04. The van der Waals surface area contributed by atoms with Crippen molar-refractivity contribution >= 4 is 16.9 Å². The monoisotopic (exact) mass is 531 g/mol. The average Bonchev–Trinajstić information content (AvgIpc) is 3.35. The third kappa shape index (κ3) is 5.32. The molecule has 1 saturated heterocycles. The van der Waals surface area contributed by atoms with E-state index < -0.39 is 5.82 Å². The summed E-state index contributed by atoms with van der Waals surface area (Å²) >= 11 is 0. The maximum Gasteiger partial charge on any atom is 0.164 e. The van der Waals surface area contributed by atoms with E-state index in [0.29, 0.717) is 45.6 Å². The summed E-state index contributed by atoms with van der Waals surface area (Å²) in [5, 5.41) is 14.7. The number of β-amino-alcohol motifs (C(OH)–C–C–N with tert-alkyl or cyclic N) is 1. The molecule has 0 atom stereocenters. The predicted molar refractivity (Wildman–Crippen MR) is 148 cm³/mol. The Labute approximate surface area is 227 Å². The zero-order valence-corrected chi connectivity index (χ0v) is 21.9. The van der Waals surface area contributed by atoms with Gasteiger partial charge in [-0.3, -0.25) is 9.80 Å². The predicted octanol–water partition coefficient (Wildman–Crippen LogP) is 4.10. The molecule has 3 N–H and O–H groups in total. The molecule has 0 radical (unpaired) electrons. The Hall–Kier alpha value is -3.60. The molecule has 39 heavy (non-hydrogen) atoms. The molecule has 3 heterocycles. The summed E-state index contributed by atoms with van der Waals surface area (Å²) < 4.78 is 23.2. The molecular weight excluding hydrogens is 497 g/mol. The minimum atomic E-state index is -0.442. The molecule has 4 aromatic rings. The number of halogens is 1. The van der Waals surface area contributed by atoms with Gasteiger partial charge in [0.05, 0.1) is 18.0 Å². The van der Waals surface area contributed by atoms with Gasteiger partial charge < -0.3 is 15.6 Å². The highest BCUT2D eigenvalue weighted by molar-refractivity contribution is 5.98. The topological polar surface area (TPSA) is 106 Å². The van der Waals surface area contributed by atoms with Crippen LogP contribution >= 0.6 is 0 Å². The second-order valence-electron chi connectivity index (χ2n) is 10.4. The van der Waals surface area contributed by atoms with Crippen molar-refractivity contribution in [1.82, 2.24) is 29.5 Å². The Bertz CT molecular complexity index is 1410. The van der Waals surface area contributed by atoms with E-state index in [1.807, 2.05) is 35.0 Å². The second kappa shape index (κ2) is 11.3. The molecule has 10 heteroatoms. The molecule has 0 bridgehead atoms. The molecule has 1 saturated carbocycles. The van der Waals surface area contributed by atoms with Crippen molar-refractivity contribution < 1.29 is 14.2 Å².